The second-order valence-corrected chi connectivity index (χ2v) is 4.55. The van der Waals surface area contributed by atoms with Crippen molar-refractivity contribution in [2.24, 2.45) is 0 Å². The lowest BCUT2D eigenvalue weighted by Crippen LogP contribution is -2.14. The average molecular weight is 243 g/mol. The molecule has 92 valence electrons. The van der Waals surface area contributed by atoms with E-state index in [4.69, 9.17) is 0 Å². The molecule has 1 aromatic heterocycles. The van der Waals surface area contributed by atoms with Crippen LogP contribution in [0, 0.1) is 0 Å². The summed E-state index contributed by atoms with van der Waals surface area (Å²) in [6, 6.07) is 9.06. The number of nitrogens with zero attached hydrogens (tertiary/aromatic N) is 1. The van der Waals surface area contributed by atoms with Gasteiger partial charge < -0.3 is 10.3 Å². The van der Waals surface area contributed by atoms with Crippen molar-refractivity contribution in [1.29, 1.82) is 0 Å². The number of pyridine rings is 1. The Bertz CT molecular complexity index is 660. The number of hydrogen-bond acceptors (Lipinski definition) is 3. The summed E-state index contributed by atoms with van der Waals surface area (Å²) in [5.41, 5.74) is 2.10. The van der Waals surface area contributed by atoms with Crippen molar-refractivity contribution >= 4 is 0 Å². The molecule has 0 amide bonds. The maximum absolute atomic E-state index is 11.5. The molecule has 0 spiro atoms. The fourth-order valence-electron chi connectivity index (χ4n) is 2.70. The van der Waals surface area contributed by atoms with E-state index in [2.05, 4.69) is 0 Å². The molecule has 1 aliphatic carbocycles. The molecular weight excluding hydrogens is 230 g/mol. The van der Waals surface area contributed by atoms with Gasteiger partial charge >= 0.3 is 0 Å². The highest BCUT2D eigenvalue weighted by atomic mass is 16.5. The van der Waals surface area contributed by atoms with Crippen LogP contribution in [0.15, 0.2) is 41.3 Å². The zero-order chi connectivity index (χ0) is 12.7. The number of hydrogen-bond donors (Lipinski definition) is 2. The maximum atomic E-state index is 11.5. The van der Waals surface area contributed by atoms with Gasteiger partial charge in [0.15, 0.2) is 5.75 Å². The van der Waals surface area contributed by atoms with Gasteiger partial charge in [0.05, 0.1) is 0 Å². The monoisotopic (exact) mass is 243 g/mol. The minimum atomic E-state index is -0.459. The molecule has 1 atom stereocenters. The second-order valence-electron chi connectivity index (χ2n) is 4.55. The van der Waals surface area contributed by atoms with Crippen molar-refractivity contribution in [2.75, 3.05) is 0 Å². The summed E-state index contributed by atoms with van der Waals surface area (Å²) in [7, 11) is 0. The van der Waals surface area contributed by atoms with Gasteiger partial charge in [-0.1, -0.05) is 24.3 Å². The predicted molar refractivity (Wildman–Crippen MR) is 66.2 cm³/mol. The molecule has 0 saturated heterocycles. The standard InChI is InChI=1S/C14H13NO3/c16-12-7-8-15(18)13(14(12)17)11-6-5-9-3-1-2-4-10(9)11/h1-4,7-8,11,17-18H,5-6H2. The highest BCUT2D eigenvalue weighted by Gasteiger charge is 2.28. The van der Waals surface area contributed by atoms with E-state index in [1.54, 1.807) is 0 Å². The van der Waals surface area contributed by atoms with Crippen LogP contribution < -0.4 is 5.43 Å². The van der Waals surface area contributed by atoms with Crippen LogP contribution >= 0.6 is 0 Å². The summed E-state index contributed by atoms with van der Waals surface area (Å²) in [6.45, 7) is 0. The second kappa shape index (κ2) is 3.91. The van der Waals surface area contributed by atoms with Crippen molar-refractivity contribution in [3.8, 4) is 5.75 Å². The van der Waals surface area contributed by atoms with E-state index in [1.165, 1.54) is 11.8 Å². The number of rotatable bonds is 1. The van der Waals surface area contributed by atoms with Crippen LogP contribution in [0.4, 0.5) is 0 Å². The highest BCUT2D eigenvalue weighted by Crippen LogP contribution is 2.39. The molecule has 1 aromatic carbocycles. The van der Waals surface area contributed by atoms with Gasteiger partial charge in [0.25, 0.3) is 0 Å². The molecule has 1 unspecified atom stereocenters. The first-order valence-electron chi connectivity index (χ1n) is 5.90. The number of aromatic hydroxyl groups is 1. The summed E-state index contributed by atoms with van der Waals surface area (Å²) in [6.07, 6.45) is 2.96. The van der Waals surface area contributed by atoms with Gasteiger partial charge in [-0.2, -0.15) is 4.73 Å². The van der Waals surface area contributed by atoms with E-state index < -0.39 is 5.43 Å². The van der Waals surface area contributed by atoms with Gasteiger partial charge in [-0.3, -0.25) is 4.79 Å². The smallest absolute Gasteiger partial charge is 0.223 e. The van der Waals surface area contributed by atoms with Gasteiger partial charge in [0.2, 0.25) is 5.43 Å². The first kappa shape index (κ1) is 10.9. The maximum Gasteiger partial charge on any atom is 0.223 e. The third kappa shape index (κ3) is 1.49. The summed E-state index contributed by atoms with van der Waals surface area (Å²) in [4.78, 5) is 11.5. The van der Waals surface area contributed by atoms with Crippen molar-refractivity contribution in [2.45, 2.75) is 18.8 Å². The Balaban J connectivity index is 2.19. The van der Waals surface area contributed by atoms with E-state index in [9.17, 15) is 15.1 Å². The van der Waals surface area contributed by atoms with Crippen LogP contribution in [0.3, 0.4) is 0 Å². The first-order chi connectivity index (χ1) is 8.68. The normalized spacial score (nSPS) is 17.7. The lowest BCUT2D eigenvalue weighted by Gasteiger charge is -2.15. The molecule has 4 heteroatoms. The van der Waals surface area contributed by atoms with Gasteiger partial charge in [-0.25, -0.2) is 0 Å². The Hall–Kier alpha value is -2.23. The molecular formula is C14H13NO3. The van der Waals surface area contributed by atoms with Crippen LogP contribution in [-0.4, -0.2) is 15.0 Å². The van der Waals surface area contributed by atoms with E-state index >= 15 is 0 Å². The van der Waals surface area contributed by atoms with Crippen LogP contribution in [0.1, 0.15) is 29.2 Å². The van der Waals surface area contributed by atoms with Crippen LogP contribution in [0.5, 0.6) is 5.75 Å². The highest BCUT2D eigenvalue weighted by molar-refractivity contribution is 5.44. The van der Waals surface area contributed by atoms with Gasteiger partial charge in [0, 0.05) is 18.2 Å². The number of fused-ring (bicyclic) bond motifs is 1. The molecule has 4 nitrogen and oxygen atoms in total. The summed E-state index contributed by atoms with van der Waals surface area (Å²) in [5.74, 6) is -0.484. The minimum absolute atomic E-state index is 0.125. The Morgan fingerprint density at radius 3 is 2.83 bits per heavy atom. The Labute approximate surface area is 104 Å². The molecule has 1 heterocycles. The van der Waals surface area contributed by atoms with Crippen molar-refractivity contribution in [3.05, 3.63) is 63.6 Å². The summed E-state index contributed by atoms with van der Waals surface area (Å²) >= 11 is 0. The Kier molecular flexibility index (Phi) is 2.37. The quantitative estimate of drug-likeness (QED) is 0.751. The lowest BCUT2D eigenvalue weighted by molar-refractivity contribution is 0.167. The molecule has 0 fully saturated rings. The summed E-state index contributed by atoms with van der Waals surface area (Å²) in [5, 5.41) is 19.7. The largest absolute Gasteiger partial charge is 0.503 e. The van der Waals surface area contributed by atoms with Crippen molar-refractivity contribution in [3.63, 3.8) is 0 Å². The molecule has 0 aliphatic heterocycles. The number of benzene rings is 1. The zero-order valence-corrected chi connectivity index (χ0v) is 9.71. The Morgan fingerprint density at radius 2 is 2.00 bits per heavy atom. The number of aryl methyl sites for hydroxylation is 1. The van der Waals surface area contributed by atoms with Gasteiger partial charge in [0.1, 0.15) is 5.69 Å². The van der Waals surface area contributed by atoms with Crippen LogP contribution in [0.2, 0.25) is 0 Å². The van der Waals surface area contributed by atoms with Gasteiger partial charge in [-0.15, -0.1) is 0 Å². The molecule has 2 aromatic rings. The fraction of sp³-hybridized carbons (Fsp3) is 0.214. The molecule has 0 bridgehead atoms. The lowest BCUT2D eigenvalue weighted by atomic mass is 9.96. The fourth-order valence-corrected chi connectivity index (χ4v) is 2.70. The Morgan fingerprint density at radius 1 is 1.22 bits per heavy atom. The van der Waals surface area contributed by atoms with Crippen LogP contribution in [-0.2, 0) is 6.42 Å². The average Bonchev–Trinajstić information content (AvgIpc) is 2.79. The minimum Gasteiger partial charge on any atom is -0.503 e. The molecule has 18 heavy (non-hydrogen) atoms. The van der Waals surface area contributed by atoms with Crippen LogP contribution in [0.25, 0.3) is 0 Å². The predicted octanol–water partition coefficient (Wildman–Crippen LogP) is 1.87. The molecule has 2 N–H and O–H groups in total. The third-order valence-electron chi connectivity index (χ3n) is 3.55. The SMILES string of the molecule is O=c1ccn(O)c(C2CCc3ccccc32)c1O. The molecule has 0 saturated carbocycles. The van der Waals surface area contributed by atoms with E-state index in [1.807, 2.05) is 24.3 Å². The topological polar surface area (TPSA) is 62.5 Å². The molecule has 3 rings (SSSR count). The van der Waals surface area contributed by atoms with Gasteiger partial charge in [-0.05, 0) is 24.0 Å². The van der Waals surface area contributed by atoms with E-state index in [0.29, 0.717) is 0 Å². The summed E-state index contributed by atoms with van der Waals surface area (Å²) < 4.78 is 0.851. The molecule has 1 aliphatic rings. The zero-order valence-electron chi connectivity index (χ0n) is 9.71. The van der Waals surface area contributed by atoms with Crippen molar-refractivity contribution in [1.82, 2.24) is 4.73 Å². The van der Waals surface area contributed by atoms with E-state index in [0.717, 1.165) is 29.2 Å². The van der Waals surface area contributed by atoms with Crippen molar-refractivity contribution < 1.29 is 10.3 Å². The first-order valence-corrected chi connectivity index (χ1v) is 5.90. The third-order valence-corrected chi connectivity index (χ3v) is 3.55. The number of aromatic nitrogens is 1. The van der Waals surface area contributed by atoms with E-state index in [-0.39, 0.29) is 17.4 Å². The molecule has 0 radical (unpaired) electrons.